The van der Waals surface area contributed by atoms with Gasteiger partial charge in [-0.2, -0.15) is 21.8 Å². The third kappa shape index (κ3) is 2.25. The predicted octanol–water partition coefficient (Wildman–Crippen LogP) is 5.14. The van der Waals surface area contributed by atoms with E-state index >= 15 is 0 Å². The van der Waals surface area contributed by atoms with Crippen LogP contribution in [0.2, 0.25) is 5.02 Å². The van der Waals surface area contributed by atoms with Gasteiger partial charge in [0, 0.05) is 4.90 Å². The van der Waals surface area contributed by atoms with Crippen molar-refractivity contribution in [2.45, 2.75) is 9.79 Å². The Bertz CT molecular complexity index is 531. The molecular weight excluding hydrogens is 268 g/mol. The second-order valence-electron chi connectivity index (χ2n) is 3.82. The van der Waals surface area contributed by atoms with Crippen molar-refractivity contribution in [3.63, 3.8) is 0 Å². The van der Waals surface area contributed by atoms with Crippen LogP contribution in [0.5, 0.6) is 0 Å². The molecule has 2 heterocycles. The summed E-state index contributed by atoms with van der Waals surface area (Å²) in [4.78, 5) is 2.60. The van der Waals surface area contributed by atoms with Crippen molar-refractivity contribution >= 4 is 33.4 Å². The van der Waals surface area contributed by atoms with Crippen LogP contribution in [0.4, 0.5) is 0 Å². The standard InChI is InChI=1S/C14H13ClS2/c15-13-11-12(16-7-1-2-8-16)5-6-14(13)17-9-3-4-10-17/h1-11,16-17H. The van der Waals surface area contributed by atoms with Gasteiger partial charge < -0.3 is 0 Å². The van der Waals surface area contributed by atoms with E-state index in [9.17, 15) is 0 Å². The molecule has 0 saturated carbocycles. The normalized spacial score (nSPS) is 20.8. The minimum Gasteiger partial charge on any atom is -0.186 e. The molecule has 1 aromatic rings. The lowest BCUT2D eigenvalue weighted by atomic mass is 10.4. The van der Waals surface area contributed by atoms with E-state index in [0.29, 0.717) is 0 Å². The molecule has 0 unspecified atom stereocenters. The number of halogens is 1. The largest absolute Gasteiger partial charge is 0.186 e. The molecule has 0 atom stereocenters. The smallest absolute Gasteiger partial charge is 0.0541 e. The van der Waals surface area contributed by atoms with Crippen LogP contribution in [-0.2, 0) is 0 Å². The van der Waals surface area contributed by atoms with Gasteiger partial charge in [-0.25, -0.2) is 0 Å². The average molecular weight is 281 g/mol. The fourth-order valence-corrected chi connectivity index (χ4v) is 5.50. The van der Waals surface area contributed by atoms with E-state index in [4.69, 9.17) is 11.6 Å². The summed E-state index contributed by atoms with van der Waals surface area (Å²) in [6, 6.07) is 6.53. The highest BCUT2D eigenvalue weighted by atomic mass is 35.5. The van der Waals surface area contributed by atoms with Crippen molar-refractivity contribution in [3.05, 3.63) is 69.2 Å². The van der Waals surface area contributed by atoms with Gasteiger partial charge >= 0.3 is 0 Å². The Morgan fingerprint density at radius 2 is 1.35 bits per heavy atom. The maximum absolute atomic E-state index is 6.40. The van der Waals surface area contributed by atoms with Crippen molar-refractivity contribution in [2.24, 2.45) is 0 Å². The van der Waals surface area contributed by atoms with E-state index in [1.165, 1.54) is 9.79 Å². The monoisotopic (exact) mass is 280 g/mol. The molecule has 0 amide bonds. The predicted molar refractivity (Wildman–Crippen MR) is 82.5 cm³/mol. The first-order valence-corrected chi connectivity index (χ1v) is 8.75. The van der Waals surface area contributed by atoms with Crippen molar-refractivity contribution in [2.75, 3.05) is 0 Å². The number of rotatable bonds is 2. The Morgan fingerprint density at radius 1 is 0.765 bits per heavy atom. The van der Waals surface area contributed by atoms with E-state index in [1.54, 1.807) is 0 Å². The number of allylic oxidation sites excluding steroid dienone is 4. The molecule has 3 heteroatoms. The minimum absolute atomic E-state index is 0.255. The van der Waals surface area contributed by atoms with Crippen LogP contribution in [0.1, 0.15) is 0 Å². The highest BCUT2D eigenvalue weighted by Crippen LogP contribution is 2.49. The Hall–Kier alpha value is -0.830. The first-order chi connectivity index (χ1) is 8.34. The molecule has 0 aromatic heterocycles. The van der Waals surface area contributed by atoms with Gasteiger partial charge in [0.25, 0.3) is 0 Å². The summed E-state index contributed by atoms with van der Waals surface area (Å²) < 4.78 is 0. The van der Waals surface area contributed by atoms with Crippen LogP contribution < -0.4 is 0 Å². The molecule has 3 rings (SSSR count). The lowest BCUT2D eigenvalue weighted by molar-refractivity contribution is 1.35. The van der Waals surface area contributed by atoms with Crippen LogP contribution in [0, 0.1) is 0 Å². The van der Waals surface area contributed by atoms with Crippen molar-refractivity contribution in [3.8, 4) is 0 Å². The van der Waals surface area contributed by atoms with Crippen molar-refractivity contribution in [1.29, 1.82) is 0 Å². The zero-order chi connectivity index (χ0) is 11.7. The zero-order valence-corrected chi connectivity index (χ0v) is 11.7. The summed E-state index contributed by atoms with van der Waals surface area (Å²) in [5, 5.41) is 9.87. The van der Waals surface area contributed by atoms with E-state index < -0.39 is 0 Å². The average Bonchev–Trinajstić information content (AvgIpc) is 3.02. The van der Waals surface area contributed by atoms with Gasteiger partial charge in [0.15, 0.2) is 0 Å². The van der Waals surface area contributed by atoms with E-state index in [1.807, 2.05) is 0 Å². The van der Waals surface area contributed by atoms with Crippen LogP contribution in [0.15, 0.2) is 73.9 Å². The molecule has 2 aliphatic rings. The summed E-state index contributed by atoms with van der Waals surface area (Å²) in [5.41, 5.74) is 0. The van der Waals surface area contributed by atoms with Crippen molar-refractivity contribution < 1.29 is 0 Å². The Kier molecular flexibility index (Phi) is 3.19. The quantitative estimate of drug-likeness (QED) is 0.689. The minimum atomic E-state index is -0.308. The molecule has 0 radical (unpaired) electrons. The van der Waals surface area contributed by atoms with Crippen molar-refractivity contribution in [1.82, 2.24) is 0 Å². The molecular formula is C14H13ClS2. The fraction of sp³-hybridized carbons (Fsp3) is 0. The molecule has 0 aliphatic carbocycles. The second-order valence-corrected chi connectivity index (χ2v) is 8.04. The van der Waals surface area contributed by atoms with Gasteiger partial charge in [-0.3, -0.25) is 0 Å². The number of hydrogen-bond donors (Lipinski definition) is 2. The van der Waals surface area contributed by atoms with Gasteiger partial charge in [0.05, 0.1) is 5.02 Å². The van der Waals surface area contributed by atoms with Gasteiger partial charge in [0.1, 0.15) is 0 Å². The number of benzene rings is 1. The summed E-state index contributed by atoms with van der Waals surface area (Å²) in [7, 11) is -0.563. The molecule has 0 N–H and O–H groups in total. The third-order valence-corrected chi connectivity index (χ3v) is 6.96. The van der Waals surface area contributed by atoms with E-state index in [0.717, 1.165) is 5.02 Å². The highest BCUT2D eigenvalue weighted by Gasteiger charge is 2.10. The Balaban J connectivity index is 1.93. The Morgan fingerprint density at radius 3 is 1.94 bits per heavy atom. The first-order valence-electron chi connectivity index (χ1n) is 5.41. The molecule has 0 nitrogen and oxygen atoms in total. The maximum atomic E-state index is 6.40. The van der Waals surface area contributed by atoms with Crippen LogP contribution in [0.25, 0.3) is 0 Å². The summed E-state index contributed by atoms with van der Waals surface area (Å²) in [6.45, 7) is 0. The van der Waals surface area contributed by atoms with Gasteiger partial charge in [0.2, 0.25) is 0 Å². The SMILES string of the molecule is Clc1cc([SH]2C=CC=C2)ccc1[SH]1C=CC=C1. The van der Waals surface area contributed by atoms with Crippen LogP contribution in [-0.4, -0.2) is 0 Å². The molecule has 1 aromatic carbocycles. The molecule has 17 heavy (non-hydrogen) atoms. The number of thiol groups is 2. The topological polar surface area (TPSA) is 0 Å². The first kappa shape index (κ1) is 11.3. The fourth-order valence-electron chi connectivity index (χ4n) is 1.87. The van der Waals surface area contributed by atoms with Crippen LogP contribution >= 0.6 is 33.4 Å². The number of hydrogen-bond acceptors (Lipinski definition) is 0. The molecule has 0 fully saturated rings. The zero-order valence-electron chi connectivity index (χ0n) is 9.12. The second kappa shape index (κ2) is 4.81. The lowest BCUT2D eigenvalue weighted by Gasteiger charge is -2.16. The molecule has 0 bridgehead atoms. The molecule has 88 valence electrons. The van der Waals surface area contributed by atoms with E-state index in [-0.39, 0.29) is 21.8 Å². The summed E-state index contributed by atoms with van der Waals surface area (Å²) >= 11 is 6.40. The van der Waals surface area contributed by atoms with Crippen LogP contribution in [0.3, 0.4) is 0 Å². The molecule has 0 saturated heterocycles. The highest BCUT2D eigenvalue weighted by molar-refractivity contribution is 8.22. The summed E-state index contributed by atoms with van der Waals surface area (Å²) in [5.74, 6) is 0. The van der Waals surface area contributed by atoms with Gasteiger partial charge in [-0.05, 0) is 44.7 Å². The lowest BCUT2D eigenvalue weighted by Crippen LogP contribution is -1.81. The maximum Gasteiger partial charge on any atom is 0.0541 e. The molecule has 0 spiro atoms. The Labute approximate surface area is 112 Å². The molecule has 2 aliphatic heterocycles. The van der Waals surface area contributed by atoms with Gasteiger partial charge in [-0.15, -0.1) is 0 Å². The summed E-state index contributed by atoms with van der Waals surface area (Å²) in [6.07, 6.45) is 8.42. The van der Waals surface area contributed by atoms with E-state index in [2.05, 4.69) is 64.1 Å². The third-order valence-electron chi connectivity index (χ3n) is 2.72. The van der Waals surface area contributed by atoms with Gasteiger partial charge in [-0.1, -0.05) is 35.9 Å².